The summed E-state index contributed by atoms with van der Waals surface area (Å²) >= 11 is 17.5. The van der Waals surface area contributed by atoms with Gasteiger partial charge in [0.1, 0.15) is 64.2 Å². The lowest BCUT2D eigenvalue weighted by Crippen LogP contribution is -2.37. The van der Waals surface area contributed by atoms with E-state index >= 15 is 0 Å². The summed E-state index contributed by atoms with van der Waals surface area (Å²) in [7, 11) is 4.70. The number of rotatable bonds is 33. The van der Waals surface area contributed by atoms with Gasteiger partial charge in [0.25, 0.3) is 0 Å². The summed E-state index contributed by atoms with van der Waals surface area (Å²) in [4.78, 5) is 61.0. The fourth-order valence-electron chi connectivity index (χ4n) is 12.8. The molecule has 1 aliphatic rings. The van der Waals surface area contributed by atoms with E-state index in [1.165, 1.54) is 12.4 Å². The number of hydrogen-bond acceptors (Lipinski definition) is 27. The zero-order valence-corrected chi connectivity index (χ0v) is 75.0. The minimum atomic E-state index is -0.525. The van der Waals surface area contributed by atoms with Gasteiger partial charge >= 0.3 is 5.97 Å². The third-order valence-electron chi connectivity index (χ3n) is 19.5. The number of nitrogens with one attached hydrogen (secondary N) is 2. The SMILES string of the molecule is C.CCOC(=O)c1cccc(Oc2ccc(N)cc2)c1.COc1cc2c(Cl)c(C#N)cnc2cc1OCCCCl.COc1cc2c(Nc3ccc(Oc4cccc(C(N)=O)c4)cc3)c(C#N)cnc2cc1OCCCCl.COc1cc2c(Nc3ccc(Oc4cccc(C(N)=O)c4)cc3)c(C#N)cnc2cc1OCCCN1CCOCC1.NC(=O)c1cccc(Oc2ccc(N)cc2)c1. The van der Waals surface area contributed by atoms with Gasteiger partial charge in [-0.3, -0.25) is 34.2 Å². The van der Waals surface area contributed by atoms with Crippen molar-refractivity contribution < 1.29 is 76.0 Å². The van der Waals surface area contributed by atoms with Crippen LogP contribution in [0.1, 0.15) is 91.7 Å². The first-order valence-corrected chi connectivity index (χ1v) is 42.9. The maximum atomic E-state index is 11.6. The number of esters is 1. The number of carbonyl (C=O) groups excluding carboxylic acids is 4. The number of methoxy groups -OCH3 is 3. The molecule has 0 unspecified atom stereocenters. The molecule has 4 heterocycles. The molecule has 33 heteroatoms. The Morgan fingerprint density at radius 2 is 0.754 bits per heavy atom. The van der Waals surface area contributed by atoms with Gasteiger partial charge in [-0.1, -0.05) is 43.3 Å². The maximum Gasteiger partial charge on any atom is 0.338 e. The van der Waals surface area contributed by atoms with Crippen LogP contribution in [0, 0.1) is 34.0 Å². The number of hydrogen-bond donors (Lipinski definition) is 7. The Morgan fingerprint density at radius 3 is 1.10 bits per heavy atom. The molecule has 1 saturated heterocycles. The van der Waals surface area contributed by atoms with E-state index in [-0.39, 0.29) is 13.4 Å². The van der Waals surface area contributed by atoms with Crippen LogP contribution >= 0.6 is 34.8 Å². The van der Waals surface area contributed by atoms with E-state index in [0.717, 1.165) is 62.5 Å². The van der Waals surface area contributed by atoms with Crippen LogP contribution in [-0.4, -0.2) is 136 Å². The van der Waals surface area contributed by atoms with Crippen LogP contribution in [0.2, 0.25) is 5.02 Å². The number of aromatic nitrogens is 3. The van der Waals surface area contributed by atoms with Crippen LogP contribution in [0.4, 0.5) is 34.1 Å². The van der Waals surface area contributed by atoms with Gasteiger partial charge in [0.2, 0.25) is 17.7 Å². The monoisotopic (exact) mass is 1870 g/mol. The van der Waals surface area contributed by atoms with E-state index in [9.17, 15) is 29.7 Å². The second-order valence-electron chi connectivity index (χ2n) is 28.7. The van der Waals surface area contributed by atoms with Crippen molar-refractivity contribution in [3.05, 3.63) is 293 Å². The minimum absolute atomic E-state index is 0. The summed E-state index contributed by atoms with van der Waals surface area (Å²) < 4.78 is 67.2. The van der Waals surface area contributed by atoms with Gasteiger partial charge in [-0.25, -0.2) is 4.79 Å². The van der Waals surface area contributed by atoms with Crippen molar-refractivity contribution in [2.75, 3.05) is 114 Å². The molecule has 30 nitrogen and oxygen atoms in total. The minimum Gasteiger partial charge on any atom is -0.493 e. The normalized spacial score (nSPS) is 11.1. The van der Waals surface area contributed by atoms with E-state index in [4.69, 9.17) is 126 Å². The Balaban J connectivity index is 0.000000181. The van der Waals surface area contributed by atoms with Gasteiger partial charge < -0.3 is 96.1 Å². The van der Waals surface area contributed by atoms with Gasteiger partial charge in [-0.15, -0.1) is 23.2 Å². The second-order valence-corrected chi connectivity index (χ2v) is 29.8. The molecule has 14 aromatic rings. The summed E-state index contributed by atoms with van der Waals surface area (Å²) in [6, 6.07) is 72.5. The highest BCUT2D eigenvalue weighted by Crippen LogP contribution is 2.42. The zero-order valence-electron chi connectivity index (χ0n) is 72.8. The van der Waals surface area contributed by atoms with Gasteiger partial charge in [0.15, 0.2) is 34.5 Å². The number of nitrogen functional groups attached to an aromatic ring is 2. The number of primary amides is 3. The van der Waals surface area contributed by atoms with Crippen molar-refractivity contribution >= 4 is 125 Å². The van der Waals surface area contributed by atoms with Crippen LogP contribution in [0.25, 0.3) is 32.7 Å². The quantitative estimate of drug-likeness (QED) is 0.00869. The topological polar surface area (TPSA) is 446 Å². The smallest absolute Gasteiger partial charge is 0.338 e. The number of pyridine rings is 3. The highest BCUT2D eigenvalue weighted by molar-refractivity contribution is 6.36. The van der Waals surface area contributed by atoms with Gasteiger partial charge in [0.05, 0.1) is 116 Å². The Labute approximate surface area is 789 Å². The summed E-state index contributed by atoms with van der Waals surface area (Å²) in [6.45, 7) is 8.00. The molecule has 0 bridgehead atoms. The molecule has 15 rings (SSSR count). The van der Waals surface area contributed by atoms with E-state index < -0.39 is 17.7 Å². The molecule has 0 radical (unpaired) electrons. The third-order valence-corrected chi connectivity index (χ3v) is 20.4. The number of amides is 3. The molecule has 3 aromatic heterocycles. The highest BCUT2D eigenvalue weighted by atomic mass is 35.5. The number of halogens is 3. The number of fused-ring (bicyclic) bond motifs is 3. The summed E-state index contributed by atoms with van der Waals surface area (Å²) in [6.07, 6.45) is 6.83. The van der Waals surface area contributed by atoms with E-state index in [1.54, 1.807) is 229 Å². The van der Waals surface area contributed by atoms with Crippen LogP contribution in [0.3, 0.4) is 0 Å². The van der Waals surface area contributed by atoms with Crippen LogP contribution in [0.5, 0.6) is 80.5 Å². The third kappa shape index (κ3) is 28.7. The van der Waals surface area contributed by atoms with Crippen molar-refractivity contribution in [1.29, 1.82) is 15.8 Å². The van der Waals surface area contributed by atoms with Gasteiger partial charge in [-0.2, -0.15) is 15.8 Å². The van der Waals surface area contributed by atoms with Crippen LogP contribution in [-0.2, 0) is 9.47 Å². The molecular formula is C101H97Cl3N14O16. The number of anilines is 6. The number of alkyl halides is 2. The summed E-state index contributed by atoms with van der Waals surface area (Å²) in [5.74, 6) is 7.13. The molecule has 1 fully saturated rings. The number of carbonyl (C=O) groups is 4. The van der Waals surface area contributed by atoms with Crippen molar-refractivity contribution in [2.24, 2.45) is 17.2 Å². The summed E-state index contributed by atoms with van der Waals surface area (Å²) in [5.41, 5.74) is 35.8. The van der Waals surface area contributed by atoms with Crippen molar-refractivity contribution in [2.45, 2.75) is 33.6 Å². The standard InChI is InChI=1S/C31H31N5O5.C27H23ClN4O4.C15H15NO3.C14H12Cl2N2O2.C13H12N2O2.CH4/c1-38-28-17-26-27(18-29(28)40-13-3-10-36-11-14-39-15-12-36)34-20-22(19-32)30(26)35-23-6-8-24(9-7-23)41-25-5-2-4-21(16-25)31(33)37;1-34-24-13-22-23(14-25(24)35-11-3-10-28)31-16-18(15-29)26(22)32-19-6-8-20(9-7-19)36-21-5-2-4-17(12-21)27(30)33;1-2-18-15(17)11-4-3-5-14(10-11)19-13-8-6-12(16)7-9-13;1-19-12-5-10-11(6-13(12)20-4-2-3-15)18-8-9(7-17)14(10)16;14-10-4-6-11(7-5-10)17-12-3-1-2-9(8-12)13(15)16;/h2,4-9,16-18,20H,3,10-15H2,1H3,(H2,33,37)(H,34,35);2,4-9,12-14,16H,3,10-11H2,1H3,(H2,30,33)(H,31,32);3-10H,2,16H2,1H3;5-6,8H,2-4H2,1H3;1-8H,14H2,(H2,15,16);1H4. The molecule has 0 atom stereocenters. The number of morpholine rings is 1. The lowest BCUT2D eigenvalue weighted by atomic mass is 10.1. The Morgan fingerprint density at radius 1 is 0.425 bits per heavy atom. The fourth-order valence-corrected chi connectivity index (χ4v) is 13.3. The molecular weight excluding hydrogens is 1770 g/mol. The number of nitrogens with two attached hydrogens (primary N) is 5. The molecule has 134 heavy (non-hydrogen) atoms. The average molecular weight is 1870 g/mol. The second kappa shape index (κ2) is 50.8. The van der Waals surface area contributed by atoms with Crippen molar-refractivity contribution in [1.82, 2.24) is 19.9 Å². The molecule has 688 valence electrons. The number of benzene rings is 11. The number of nitriles is 3. The molecule has 12 N–H and O–H groups in total. The van der Waals surface area contributed by atoms with Crippen LogP contribution in [0.15, 0.2) is 249 Å². The maximum absolute atomic E-state index is 11.6. The van der Waals surface area contributed by atoms with E-state index in [2.05, 4.69) is 42.6 Å². The van der Waals surface area contributed by atoms with Crippen molar-refractivity contribution in [3.8, 4) is 98.7 Å². The number of nitrogens with zero attached hydrogens (tertiary/aromatic N) is 7. The Kier molecular flexibility index (Phi) is 38.0. The molecule has 0 saturated carbocycles. The van der Waals surface area contributed by atoms with Gasteiger partial charge in [0, 0.05) is 124 Å². The molecule has 1 aliphatic heterocycles. The van der Waals surface area contributed by atoms with Crippen molar-refractivity contribution in [3.63, 3.8) is 0 Å². The lowest BCUT2D eigenvalue weighted by molar-refractivity contribution is 0.0357. The highest BCUT2D eigenvalue weighted by Gasteiger charge is 2.21. The Hall–Kier alpha value is -16.0. The average Bonchev–Trinajstić information content (AvgIpc) is 0.786. The van der Waals surface area contributed by atoms with E-state index in [0.29, 0.717) is 219 Å². The predicted molar refractivity (Wildman–Crippen MR) is 519 cm³/mol. The fraction of sp³-hybridized carbons (Fsp3) is 0.188. The summed E-state index contributed by atoms with van der Waals surface area (Å²) in [5, 5.41) is 37.6. The largest absolute Gasteiger partial charge is 0.493 e. The number of ether oxygens (including phenoxy) is 12. The van der Waals surface area contributed by atoms with Crippen LogP contribution < -0.4 is 86.7 Å². The molecule has 3 amide bonds. The Bertz CT molecular complexity index is 6500. The predicted octanol–water partition coefficient (Wildman–Crippen LogP) is 20.4. The van der Waals surface area contributed by atoms with Gasteiger partial charge in [-0.05, 0) is 214 Å². The molecule has 0 spiro atoms. The zero-order chi connectivity index (χ0) is 94.5. The first-order valence-electron chi connectivity index (χ1n) is 41.4. The molecule has 11 aromatic carbocycles. The van der Waals surface area contributed by atoms with E-state index in [1.807, 2.05) is 42.5 Å². The first kappa shape index (κ1) is 100. The lowest BCUT2D eigenvalue weighted by Gasteiger charge is -2.26. The molecule has 0 aliphatic carbocycles. The first-order chi connectivity index (χ1) is 64.6.